The van der Waals surface area contributed by atoms with E-state index in [1.54, 1.807) is 24.3 Å². The van der Waals surface area contributed by atoms with Crippen LogP contribution < -0.4 is 5.73 Å². The fraction of sp³-hybridized carbons (Fsp3) is 0.250. The van der Waals surface area contributed by atoms with Crippen LogP contribution in [-0.4, -0.2) is 25.3 Å². The van der Waals surface area contributed by atoms with Gasteiger partial charge in [0.25, 0.3) is 0 Å². The molecule has 1 aromatic carbocycles. The number of hydrogen-bond donors (Lipinski definition) is 1. The number of rotatable bonds is 2. The van der Waals surface area contributed by atoms with Crippen LogP contribution in [0, 0.1) is 0 Å². The number of nitrogens with two attached hydrogens (primary N) is 1. The lowest BCUT2D eigenvalue weighted by atomic mass is 10.2. The van der Waals surface area contributed by atoms with Gasteiger partial charge in [-0.1, -0.05) is 0 Å². The second-order valence-electron chi connectivity index (χ2n) is 3.97. The minimum absolute atomic E-state index is 0.152. The smallest absolute Gasteiger partial charge is 0.374 e. The molecule has 17 heavy (non-hydrogen) atoms. The lowest BCUT2D eigenvalue weighted by Crippen LogP contribution is -2.37. The lowest BCUT2D eigenvalue weighted by Gasteiger charge is -2.24. The molecule has 5 heteroatoms. The topological polar surface area (TPSA) is 74.7 Å². The van der Waals surface area contributed by atoms with Gasteiger partial charge in [0.1, 0.15) is 11.7 Å². The van der Waals surface area contributed by atoms with Crippen molar-refractivity contribution in [2.24, 2.45) is 0 Å². The van der Waals surface area contributed by atoms with Gasteiger partial charge in [-0.25, -0.2) is 4.79 Å². The highest BCUT2D eigenvalue weighted by Crippen LogP contribution is 2.22. The molecule has 0 amide bonds. The van der Waals surface area contributed by atoms with Crippen LogP contribution in [0.3, 0.4) is 0 Å². The summed E-state index contributed by atoms with van der Waals surface area (Å²) >= 11 is 0. The summed E-state index contributed by atoms with van der Waals surface area (Å²) in [6, 6.07) is 6.84. The highest BCUT2D eigenvalue weighted by molar-refractivity contribution is 5.93. The number of nitrogen functional groups attached to an aromatic ring is 1. The first-order chi connectivity index (χ1) is 8.22. The van der Waals surface area contributed by atoms with Gasteiger partial charge in [-0.05, 0) is 24.3 Å². The van der Waals surface area contributed by atoms with Crippen molar-refractivity contribution in [1.82, 2.24) is 0 Å². The van der Waals surface area contributed by atoms with Gasteiger partial charge in [0.15, 0.2) is 0 Å². The number of hydrogen-bond acceptors (Lipinski definition) is 5. The van der Waals surface area contributed by atoms with Crippen LogP contribution in [0.5, 0.6) is 0 Å². The first kappa shape index (κ1) is 10.2. The van der Waals surface area contributed by atoms with E-state index in [1.807, 2.05) is 0 Å². The Hall–Kier alpha value is -2.01. The molecule has 1 fully saturated rings. The summed E-state index contributed by atoms with van der Waals surface area (Å²) in [5.74, 6) is -0.273. The molecule has 2 heterocycles. The minimum atomic E-state index is -0.465. The summed E-state index contributed by atoms with van der Waals surface area (Å²) in [5.41, 5.74) is 6.90. The Kier molecular flexibility index (Phi) is 2.26. The largest absolute Gasteiger partial charge is 0.452 e. The third kappa shape index (κ3) is 1.85. The summed E-state index contributed by atoms with van der Waals surface area (Å²) in [6.07, 6.45) is -0.152. The predicted octanol–water partition coefficient (Wildman–Crippen LogP) is 1.57. The minimum Gasteiger partial charge on any atom is -0.452 e. The molecule has 0 radical (unpaired) electrons. The molecule has 0 unspecified atom stereocenters. The number of carbonyl (C=O) groups excluding carboxylic acids is 1. The van der Waals surface area contributed by atoms with Gasteiger partial charge in [0, 0.05) is 11.1 Å². The van der Waals surface area contributed by atoms with Crippen LogP contribution >= 0.6 is 0 Å². The van der Waals surface area contributed by atoms with Crippen LogP contribution in [0.1, 0.15) is 10.6 Å². The van der Waals surface area contributed by atoms with E-state index in [0.29, 0.717) is 24.5 Å². The van der Waals surface area contributed by atoms with Crippen LogP contribution in [0.4, 0.5) is 5.69 Å². The average molecular weight is 233 g/mol. The Morgan fingerprint density at radius 3 is 2.88 bits per heavy atom. The van der Waals surface area contributed by atoms with Crippen LogP contribution in [-0.2, 0) is 9.47 Å². The third-order valence-corrected chi connectivity index (χ3v) is 2.62. The van der Waals surface area contributed by atoms with Gasteiger partial charge in [0.2, 0.25) is 5.76 Å². The van der Waals surface area contributed by atoms with Crippen molar-refractivity contribution >= 4 is 22.6 Å². The number of benzene rings is 1. The Labute approximate surface area is 97.1 Å². The molecule has 0 bridgehead atoms. The van der Waals surface area contributed by atoms with Gasteiger partial charge in [0.05, 0.1) is 13.2 Å². The van der Waals surface area contributed by atoms with Gasteiger partial charge >= 0.3 is 5.97 Å². The van der Waals surface area contributed by atoms with Crippen molar-refractivity contribution < 1.29 is 18.7 Å². The number of ether oxygens (including phenoxy) is 2. The van der Waals surface area contributed by atoms with Crippen molar-refractivity contribution in [3.63, 3.8) is 0 Å². The van der Waals surface area contributed by atoms with Gasteiger partial charge in [-0.2, -0.15) is 0 Å². The molecule has 88 valence electrons. The maximum absolute atomic E-state index is 11.7. The molecule has 0 aliphatic carbocycles. The number of fused-ring (bicyclic) bond motifs is 1. The molecule has 3 rings (SSSR count). The van der Waals surface area contributed by atoms with Crippen molar-refractivity contribution in [3.05, 3.63) is 30.0 Å². The van der Waals surface area contributed by atoms with Crippen LogP contribution in [0.25, 0.3) is 11.0 Å². The van der Waals surface area contributed by atoms with E-state index >= 15 is 0 Å². The molecule has 5 nitrogen and oxygen atoms in total. The van der Waals surface area contributed by atoms with Crippen LogP contribution in [0.15, 0.2) is 28.7 Å². The first-order valence-corrected chi connectivity index (χ1v) is 5.30. The maximum Gasteiger partial charge on any atom is 0.374 e. The standard InChI is InChI=1S/C12H11NO4/c13-8-1-2-10-7(3-8)4-11(17-10)12(14)16-9-5-15-6-9/h1-4,9H,5-6,13H2. The number of carbonyl (C=O) groups is 1. The molecular weight excluding hydrogens is 222 g/mol. The second-order valence-corrected chi connectivity index (χ2v) is 3.97. The first-order valence-electron chi connectivity index (χ1n) is 5.30. The Bertz CT molecular complexity index is 571. The van der Waals surface area contributed by atoms with E-state index in [4.69, 9.17) is 19.6 Å². The van der Waals surface area contributed by atoms with Crippen molar-refractivity contribution in [2.45, 2.75) is 6.10 Å². The van der Waals surface area contributed by atoms with E-state index < -0.39 is 5.97 Å². The van der Waals surface area contributed by atoms with Crippen molar-refractivity contribution in [1.29, 1.82) is 0 Å². The zero-order valence-electron chi connectivity index (χ0n) is 9.01. The monoisotopic (exact) mass is 233 g/mol. The molecule has 1 aliphatic heterocycles. The fourth-order valence-corrected chi connectivity index (χ4v) is 1.65. The van der Waals surface area contributed by atoms with Gasteiger partial charge < -0.3 is 19.6 Å². The predicted molar refractivity (Wildman–Crippen MR) is 60.6 cm³/mol. The lowest BCUT2D eigenvalue weighted by molar-refractivity contribution is -0.104. The SMILES string of the molecule is Nc1ccc2oc(C(=O)OC3COC3)cc2c1. The normalized spacial score (nSPS) is 15.8. The van der Waals surface area contributed by atoms with Gasteiger partial charge in [-0.3, -0.25) is 0 Å². The molecule has 0 spiro atoms. The van der Waals surface area contributed by atoms with Gasteiger partial charge in [-0.15, -0.1) is 0 Å². The summed E-state index contributed by atoms with van der Waals surface area (Å²) < 4.78 is 15.4. The van der Waals surface area contributed by atoms with E-state index in [2.05, 4.69) is 0 Å². The Balaban J connectivity index is 1.86. The average Bonchev–Trinajstić information content (AvgIpc) is 2.65. The highest BCUT2D eigenvalue weighted by Gasteiger charge is 2.25. The van der Waals surface area contributed by atoms with E-state index in [0.717, 1.165) is 5.39 Å². The zero-order chi connectivity index (χ0) is 11.8. The van der Waals surface area contributed by atoms with E-state index in [1.165, 1.54) is 0 Å². The third-order valence-electron chi connectivity index (χ3n) is 2.62. The fourth-order valence-electron chi connectivity index (χ4n) is 1.65. The molecular formula is C12H11NO4. The molecule has 1 saturated heterocycles. The molecule has 0 saturated carbocycles. The molecule has 1 aliphatic rings. The molecule has 2 aromatic rings. The Morgan fingerprint density at radius 2 is 2.18 bits per heavy atom. The zero-order valence-corrected chi connectivity index (χ0v) is 9.01. The molecule has 2 N–H and O–H groups in total. The number of anilines is 1. The summed E-state index contributed by atoms with van der Waals surface area (Å²) in [5, 5.41) is 0.793. The number of furan rings is 1. The Morgan fingerprint density at radius 1 is 1.35 bits per heavy atom. The maximum atomic E-state index is 11.7. The molecule has 0 atom stereocenters. The second kappa shape index (κ2) is 3.78. The van der Waals surface area contributed by atoms with Crippen LogP contribution in [0.2, 0.25) is 0 Å². The highest BCUT2D eigenvalue weighted by atomic mass is 16.6. The van der Waals surface area contributed by atoms with E-state index in [9.17, 15) is 4.79 Å². The quantitative estimate of drug-likeness (QED) is 0.629. The summed E-state index contributed by atoms with van der Waals surface area (Å²) in [4.78, 5) is 11.7. The summed E-state index contributed by atoms with van der Waals surface area (Å²) in [7, 11) is 0. The van der Waals surface area contributed by atoms with E-state index in [-0.39, 0.29) is 11.9 Å². The van der Waals surface area contributed by atoms with Crippen molar-refractivity contribution in [2.75, 3.05) is 18.9 Å². The summed E-state index contributed by atoms with van der Waals surface area (Å²) in [6.45, 7) is 0.915. The van der Waals surface area contributed by atoms with Crippen molar-refractivity contribution in [3.8, 4) is 0 Å². The molecule has 1 aromatic heterocycles. The number of esters is 1.